The molecule has 0 unspecified atom stereocenters. The van der Waals surface area contributed by atoms with Crippen molar-refractivity contribution in [2.24, 2.45) is 0 Å². The van der Waals surface area contributed by atoms with Crippen molar-refractivity contribution in [3.8, 4) is 0 Å². The van der Waals surface area contributed by atoms with Gasteiger partial charge in [0.1, 0.15) is 23.7 Å². The number of benzene rings is 1. The Morgan fingerprint density at radius 2 is 2.08 bits per heavy atom. The highest BCUT2D eigenvalue weighted by Gasteiger charge is 2.51. The van der Waals surface area contributed by atoms with Gasteiger partial charge < -0.3 is 24.1 Å². The number of ether oxygens (including phenoxy) is 4. The fourth-order valence-corrected chi connectivity index (χ4v) is 3.90. The highest BCUT2D eigenvalue weighted by atomic mass is 32.2. The molecule has 6 nitrogen and oxygen atoms in total. The van der Waals surface area contributed by atoms with E-state index >= 15 is 0 Å². The normalized spacial score (nSPS) is 34.0. The van der Waals surface area contributed by atoms with Crippen LogP contribution in [0.3, 0.4) is 0 Å². The molecular weight excluding hydrogens is 356 g/mol. The molecule has 0 aromatic heterocycles. The first-order chi connectivity index (χ1) is 12.5. The van der Waals surface area contributed by atoms with Crippen molar-refractivity contribution in [2.75, 3.05) is 12.4 Å². The van der Waals surface area contributed by atoms with Crippen LogP contribution in [0.4, 0.5) is 0 Å². The van der Waals surface area contributed by atoms with Crippen molar-refractivity contribution < 1.29 is 28.8 Å². The summed E-state index contributed by atoms with van der Waals surface area (Å²) in [6.45, 7) is 7.44. The van der Waals surface area contributed by atoms with Crippen molar-refractivity contribution in [1.29, 1.82) is 0 Å². The molecule has 1 aromatic carbocycles. The Labute approximate surface area is 157 Å². The van der Waals surface area contributed by atoms with Crippen LogP contribution in [-0.4, -0.2) is 53.3 Å². The summed E-state index contributed by atoms with van der Waals surface area (Å²) in [5.41, 5.74) is 0.617. The number of carbonyl (C=O) groups is 1. The van der Waals surface area contributed by atoms with Gasteiger partial charge in [-0.3, -0.25) is 0 Å². The number of hydrogen-bond donors (Lipinski definition) is 1. The minimum Gasteiger partial charge on any atom is -0.453 e. The summed E-state index contributed by atoms with van der Waals surface area (Å²) in [6, 6.07) is 9.50. The number of fused-ring (bicyclic) bond motifs is 1. The third-order valence-electron chi connectivity index (χ3n) is 4.30. The molecule has 2 aliphatic heterocycles. The maximum atomic E-state index is 12.1. The molecule has 2 aliphatic rings. The summed E-state index contributed by atoms with van der Waals surface area (Å²) in [6.07, 6.45) is -3.50. The van der Waals surface area contributed by atoms with Gasteiger partial charge in [0, 0.05) is 11.1 Å². The monoisotopic (exact) mass is 380 g/mol. The molecule has 1 aromatic rings. The van der Waals surface area contributed by atoms with E-state index in [4.69, 9.17) is 18.9 Å². The lowest BCUT2D eigenvalue weighted by Gasteiger charge is -2.47. The van der Waals surface area contributed by atoms with Crippen molar-refractivity contribution in [2.45, 2.75) is 50.0 Å². The number of hydrogen-bond acceptors (Lipinski definition) is 7. The Hall–Kier alpha value is -1.38. The van der Waals surface area contributed by atoms with Crippen LogP contribution in [0.1, 0.15) is 25.7 Å². The quantitative estimate of drug-likeness (QED) is 0.621. The highest BCUT2D eigenvalue weighted by molar-refractivity contribution is 7.99. The van der Waals surface area contributed by atoms with Crippen LogP contribution >= 0.6 is 11.8 Å². The van der Waals surface area contributed by atoms with Crippen molar-refractivity contribution in [1.82, 2.24) is 0 Å². The van der Waals surface area contributed by atoms with E-state index in [1.54, 1.807) is 6.92 Å². The topological polar surface area (TPSA) is 74.2 Å². The van der Waals surface area contributed by atoms with Crippen LogP contribution < -0.4 is 0 Å². The van der Waals surface area contributed by atoms with Gasteiger partial charge in [0.2, 0.25) is 0 Å². The summed E-state index contributed by atoms with van der Waals surface area (Å²) in [7, 11) is 0. The molecular formula is C19H24O6S. The van der Waals surface area contributed by atoms with E-state index in [9.17, 15) is 9.90 Å². The van der Waals surface area contributed by atoms with Gasteiger partial charge in [-0.1, -0.05) is 43.8 Å². The van der Waals surface area contributed by atoms with Crippen LogP contribution in [0.15, 0.2) is 42.5 Å². The maximum Gasteiger partial charge on any atom is 0.333 e. The summed E-state index contributed by atoms with van der Waals surface area (Å²) >= 11 is 1.46. The molecule has 6 atom stereocenters. The minimum atomic E-state index is -1.00. The summed E-state index contributed by atoms with van der Waals surface area (Å²) < 4.78 is 23.3. The maximum absolute atomic E-state index is 12.1. The molecule has 7 heteroatoms. The molecule has 0 spiro atoms. The second kappa shape index (κ2) is 8.54. The highest BCUT2D eigenvalue weighted by Crippen LogP contribution is 2.38. The van der Waals surface area contributed by atoms with E-state index in [2.05, 4.69) is 6.58 Å². The van der Waals surface area contributed by atoms with Crippen molar-refractivity contribution >= 4 is 17.7 Å². The van der Waals surface area contributed by atoms with Crippen LogP contribution in [0.25, 0.3) is 0 Å². The van der Waals surface area contributed by atoms with Gasteiger partial charge in [0.15, 0.2) is 12.4 Å². The van der Waals surface area contributed by atoms with E-state index in [1.807, 2.05) is 37.3 Å². The molecule has 2 saturated heterocycles. The SMILES string of the molecule is C=C(C)C(=O)O[C@@H]1[C@@H](O)[C@H](SCC)O[C@@H]2CO[C@@H](c3ccccc3)O[C@@H]12. The van der Waals surface area contributed by atoms with Gasteiger partial charge in [-0.05, 0) is 12.7 Å². The Balaban J connectivity index is 1.81. The van der Waals surface area contributed by atoms with Crippen LogP contribution in [0.2, 0.25) is 0 Å². The lowest BCUT2D eigenvalue weighted by Crippen LogP contribution is -2.62. The number of esters is 1. The Morgan fingerprint density at radius 3 is 2.73 bits per heavy atom. The van der Waals surface area contributed by atoms with Crippen LogP contribution in [0.5, 0.6) is 0 Å². The number of aliphatic hydroxyl groups excluding tert-OH is 1. The summed E-state index contributed by atoms with van der Waals surface area (Å²) in [5, 5.41) is 10.7. The molecule has 0 aliphatic carbocycles. The number of aliphatic hydroxyl groups is 1. The first kappa shape index (κ1) is 19.4. The summed E-state index contributed by atoms with van der Waals surface area (Å²) in [4.78, 5) is 12.1. The predicted molar refractivity (Wildman–Crippen MR) is 97.5 cm³/mol. The molecule has 0 radical (unpaired) electrons. The van der Waals surface area contributed by atoms with Crippen LogP contribution in [-0.2, 0) is 23.7 Å². The van der Waals surface area contributed by atoms with Gasteiger partial charge >= 0.3 is 5.97 Å². The molecule has 0 saturated carbocycles. The zero-order chi connectivity index (χ0) is 18.7. The Morgan fingerprint density at radius 1 is 1.35 bits per heavy atom. The molecule has 142 valence electrons. The Bertz CT molecular complexity index is 636. The fraction of sp³-hybridized carbons (Fsp3) is 0.526. The van der Waals surface area contributed by atoms with E-state index in [0.717, 1.165) is 11.3 Å². The standard InChI is InChI=1S/C19H24O6S/c1-4-26-19-14(20)16(24-17(21)11(2)3)15-13(23-19)10-22-18(25-15)12-8-6-5-7-9-12/h5-9,13-16,18-20H,2,4,10H2,1,3H3/t13-,14-,15-,16-,18-,19+/m1/s1. The van der Waals surface area contributed by atoms with Gasteiger partial charge in [0.25, 0.3) is 0 Å². The van der Waals surface area contributed by atoms with Gasteiger partial charge in [0.05, 0.1) is 6.61 Å². The van der Waals surface area contributed by atoms with Gasteiger partial charge in [-0.15, -0.1) is 11.8 Å². The van der Waals surface area contributed by atoms with Crippen molar-refractivity contribution in [3.05, 3.63) is 48.0 Å². The number of thioether (sulfide) groups is 1. The lowest BCUT2D eigenvalue weighted by molar-refractivity contribution is -0.319. The third kappa shape index (κ3) is 4.13. The van der Waals surface area contributed by atoms with E-state index in [1.165, 1.54) is 11.8 Å². The first-order valence-electron chi connectivity index (χ1n) is 8.65. The predicted octanol–water partition coefficient (Wildman–Crippen LogP) is 2.43. The van der Waals surface area contributed by atoms with E-state index < -0.39 is 42.1 Å². The van der Waals surface area contributed by atoms with E-state index in [-0.39, 0.29) is 5.57 Å². The molecule has 2 fully saturated rings. The van der Waals surface area contributed by atoms with E-state index in [0.29, 0.717) is 6.61 Å². The minimum absolute atomic E-state index is 0.270. The molecule has 1 N–H and O–H groups in total. The average Bonchev–Trinajstić information content (AvgIpc) is 2.65. The number of rotatable bonds is 5. The fourth-order valence-electron chi connectivity index (χ4n) is 3.00. The lowest BCUT2D eigenvalue weighted by atomic mass is 9.98. The van der Waals surface area contributed by atoms with Gasteiger partial charge in [-0.25, -0.2) is 4.79 Å². The van der Waals surface area contributed by atoms with Gasteiger partial charge in [-0.2, -0.15) is 0 Å². The Kier molecular flexibility index (Phi) is 6.37. The zero-order valence-corrected chi connectivity index (χ0v) is 15.7. The van der Waals surface area contributed by atoms with Crippen molar-refractivity contribution in [3.63, 3.8) is 0 Å². The molecule has 0 bridgehead atoms. The second-order valence-corrected chi connectivity index (χ2v) is 7.69. The molecule has 3 rings (SSSR count). The average molecular weight is 380 g/mol. The first-order valence-corrected chi connectivity index (χ1v) is 9.69. The summed E-state index contributed by atoms with van der Waals surface area (Å²) in [5.74, 6) is 0.204. The molecule has 2 heterocycles. The smallest absolute Gasteiger partial charge is 0.333 e. The largest absolute Gasteiger partial charge is 0.453 e. The van der Waals surface area contributed by atoms with Crippen LogP contribution in [0, 0.1) is 0 Å². The third-order valence-corrected chi connectivity index (χ3v) is 5.35. The number of carbonyl (C=O) groups excluding carboxylic acids is 1. The molecule has 0 amide bonds. The second-order valence-electron chi connectivity index (χ2n) is 6.32. The molecule has 26 heavy (non-hydrogen) atoms. The zero-order valence-electron chi connectivity index (χ0n) is 14.9.